The van der Waals surface area contributed by atoms with Crippen molar-refractivity contribution in [1.82, 2.24) is 9.55 Å². The van der Waals surface area contributed by atoms with Crippen LogP contribution < -0.4 is 15.2 Å². The van der Waals surface area contributed by atoms with E-state index in [0.29, 0.717) is 17.3 Å². The molecule has 0 amide bonds. The van der Waals surface area contributed by atoms with E-state index in [0.717, 1.165) is 28.0 Å². The van der Waals surface area contributed by atoms with Crippen LogP contribution >= 0.6 is 15.9 Å². The predicted octanol–water partition coefficient (Wildman–Crippen LogP) is 3.01. The molecular weight excluding hydrogens is 322 g/mol. The number of halogens is 1. The third kappa shape index (κ3) is 2.35. The number of nitrogen functional groups attached to an aromatic ring is 1. The van der Waals surface area contributed by atoms with Crippen LogP contribution in [0, 0.1) is 0 Å². The summed E-state index contributed by atoms with van der Waals surface area (Å²) >= 11 is 3.54. The SMILES string of the molecule is CCc1nc(-c2cc(OC)c(OC)cc2Br)c(N)n1C. The molecule has 0 saturated heterocycles. The van der Waals surface area contributed by atoms with Crippen molar-refractivity contribution in [2.75, 3.05) is 20.0 Å². The number of benzene rings is 1. The largest absolute Gasteiger partial charge is 0.493 e. The van der Waals surface area contributed by atoms with Crippen LogP contribution in [0.1, 0.15) is 12.7 Å². The van der Waals surface area contributed by atoms with Crippen LogP contribution in [-0.4, -0.2) is 23.8 Å². The summed E-state index contributed by atoms with van der Waals surface area (Å²) in [6.07, 6.45) is 0.825. The van der Waals surface area contributed by atoms with E-state index < -0.39 is 0 Å². The van der Waals surface area contributed by atoms with Gasteiger partial charge < -0.3 is 19.8 Å². The van der Waals surface area contributed by atoms with Gasteiger partial charge in [-0.05, 0) is 28.1 Å². The smallest absolute Gasteiger partial charge is 0.161 e. The zero-order valence-electron chi connectivity index (χ0n) is 12.0. The van der Waals surface area contributed by atoms with Gasteiger partial charge in [0.15, 0.2) is 11.5 Å². The molecule has 0 fully saturated rings. The number of imidazole rings is 1. The number of nitrogens with two attached hydrogens (primary N) is 1. The standard InChI is InChI=1S/C14H18BrN3O2/c1-5-12-17-13(14(16)18(12)2)8-6-10(19-3)11(20-4)7-9(8)15/h6-7H,5,16H2,1-4H3. The Balaban J connectivity index is 2.63. The molecule has 2 rings (SSSR count). The molecule has 108 valence electrons. The minimum Gasteiger partial charge on any atom is -0.493 e. The topological polar surface area (TPSA) is 62.3 Å². The molecule has 0 atom stereocenters. The molecular formula is C14H18BrN3O2. The van der Waals surface area contributed by atoms with Gasteiger partial charge in [-0.25, -0.2) is 4.98 Å². The summed E-state index contributed by atoms with van der Waals surface area (Å²) in [7, 11) is 5.13. The number of hydrogen-bond donors (Lipinski definition) is 1. The molecule has 0 bridgehead atoms. The Labute approximate surface area is 126 Å². The van der Waals surface area contributed by atoms with Gasteiger partial charge in [0.2, 0.25) is 0 Å². The van der Waals surface area contributed by atoms with Gasteiger partial charge in [-0.1, -0.05) is 6.92 Å². The van der Waals surface area contributed by atoms with E-state index in [1.807, 2.05) is 23.7 Å². The van der Waals surface area contributed by atoms with Crippen molar-refractivity contribution in [3.63, 3.8) is 0 Å². The molecule has 0 aliphatic heterocycles. The highest BCUT2D eigenvalue weighted by Gasteiger charge is 2.18. The lowest BCUT2D eigenvalue weighted by molar-refractivity contribution is 0.355. The molecule has 20 heavy (non-hydrogen) atoms. The summed E-state index contributed by atoms with van der Waals surface area (Å²) < 4.78 is 13.4. The zero-order chi connectivity index (χ0) is 14.9. The second kappa shape index (κ2) is 5.75. The number of rotatable bonds is 4. The highest BCUT2D eigenvalue weighted by Crippen LogP contribution is 2.39. The first-order valence-electron chi connectivity index (χ1n) is 6.26. The van der Waals surface area contributed by atoms with Gasteiger partial charge in [-0.2, -0.15) is 0 Å². The third-order valence-electron chi connectivity index (χ3n) is 3.28. The van der Waals surface area contributed by atoms with E-state index in [9.17, 15) is 0 Å². The molecule has 0 aliphatic rings. The Hall–Kier alpha value is -1.69. The maximum Gasteiger partial charge on any atom is 0.161 e. The van der Waals surface area contributed by atoms with Crippen LogP contribution in [0.4, 0.5) is 5.82 Å². The number of anilines is 1. The summed E-state index contributed by atoms with van der Waals surface area (Å²) in [6.45, 7) is 2.05. The number of aromatic nitrogens is 2. The number of hydrogen-bond acceptors (Lipinski definition) is 4. The van der Waals surface area contributed by atoms with Crippen LogP contribution in [0.15, 0.2) is 16.6 Å². The number of nitrogens with zero attached hydrogens (tertiary/aromatic N) is 2. The molecule has 2 aromatic rings. The second-order valence-corrected chi connectivity index (χ2v) is 5.22. The maximum atomic E-state index is 6.15. The van der Waals surface area contributed by atoms with Gasteiger partial charge in [0.25, 0.3) is 0 Å². The molecule has 0 unspecified atom stereocenters. The van der Waals surface area contributed by atoms with Gasteiger partial charge in [0, 0.05) is 23.5 Å². The van der Waals surface area contributed by atoms with Gasteiger partial charge in [-0.3, -0.25) is 0 Å². The fraction of sp³-hybridized carbons (Fsp3) is 0.357. The maximum absolute atomic E-state index is 6.15. The molecule has 1 aromatic carbocycles. The summed E-state index contributed by atoms with van der Waals surface area (Å²) in [5.41, 5.74) is 7.78. The molecule has 2 N–H and O–H groups in total. The van der Waals surface area contributed by atoms with Crippen molar-refractivity contribution in [2.45, 2.75) is 13.3 Å². The van der Waals surface area contributed by atoms with Crippen molar-refractivity contribution in [3.8, 4) is 22.8 Å². The van der Waals surface area contributed by atoms with Crippen molar-refractivity contribution in [1.29, 1.82) is 0 Å². The van der Waals surface area contributed by atoms with Gasteiger partial charge in [-0.15, -0.1) is 0 Å². The quantitative estimate of drug-likeness (QED) is 0.929. The lowest BCUT2D eigenvalue weighted by Crippen LogP contribution is -2.00. The molecule has 5 nitrogen and oxygen atoms in total. The molecule has 1 heterocycles. The van der Waals surface area contributed by atoms with Crippen LogP contribution in [0.3, 0.4) is 0 Å². The third-order valence-corrected chi connectivity index (χ3v) is 3.93. The van der Waals surface area contributed by atoms with Crippen LogP contribution in [-0.2, 0) is 13.5 Å². The van der Waals surface area contributed by atoms with Crippen molar-refractivity contribution < 1.29 is 9.47 Å². The van der Waals surface area contributed by atoms with Crippen LogP contribution in [0.25, 0.3) is 11.3 Å². The van der Waals surface area contributed by atoms with Crippen LogP contribution in [0.5, 0.6) is 11.5 Å². The number of methoxy groups -OCH3 is 2. The normalized spacial score (nSPS) is 10.7. The molecule has 0 radical (unpaired) electrons. The first kappa shape index (κ1) is 14.7. The van der Waals surface area contributed by atoms with Gasteiger partial charge in [0.05, 0.1) is 14.2 Å². The summed E-state index contributed by atoms with van der Waals surface area (Å²) in [6, 6.07) is 3.73. The summed E-state index contributed by atoms with van der Waals surface area (Å²) in [5.74, 6) is 2.89. The Bertz CT molecular complexity index is 638. The molecule has 0 aliphatic carbocycles. The predicted molar refractivity (Wildman–Crippen MR) is 83.2 cm³/mol. The number of ether oxygens (including phenoxy) is 2. The fourth-order valence-corrected chi connectivity index (χ4v) is 2.62. The lowest BCUT2D eigenvalue weighted by Gasteiger charge is -2.11. The Morgan fingerprint density at radius 1 is 1.25 bits per heavy atom. The van der Waals surface area contributed by atoms with E-state index in [1.165, 1.54) is 0 Å². The van der Waals surface area contributed by atoms with Crippen molar-refractivity contribution >= 4 is 21.7 Å². The molecule has 1 aromatic heterocycles. The molecule has 0 spiro atoms. The minimum absolute atomic E-state index is 0.634. The van der Waals surface area contributed by atoms with Crippen molar-refractivity contribution in [3.05, 3.63) is 22.4 Å². The van der Waals surface area contributed by atoms with Gasteiger partial charge in [0.1, 0.15) is 17.3 Å². The summed E-state index contributed by atoms with van der Waals surface area (Å²) in [5, 5.41) is 0. The Kier molecular flexibility index (Phi) is 4.23. The number of aryl methyl sites for hydroxylation is 1. The average Bonchev–Trinajstić information content (AvgIpc) is 2.74. The van der Waals surface area contributed by atoms with Gasteiger partial charge >= 0.3 is 0 Å². The zero-order valence-corrected chi connectivity index (χ0v) is 13.6. The first-order chi connectivity index (χ1) is 9.53. The lowest BCUT2D eigenvalue weighted by atomic mass is 10.1. The fourth-order valence-electron chi connectivity index (χ4n) is 2.11. The molecule has 6 heteroatoms. The molecule has 0 saturated carbocycles. The average molecular weight is 340 g/mol. The van der Waals surface area contributed by atoms with Crippen LogP contribution in [0.2, 0.25) is 0 Å². The summed E-state index contributed by atoms with van der Waals surface area (Å²) in [4.78, 5) is 4.60. The minimum atomic E-state index is 0.634. The van der Waals surface area contributed by atoms with E-state index in [2.05, 4.69) is 27.8 Å². The first-order valence-corrected chi connectivity index (χ1v) is 7.05. The monoisotopic (exact) mass is 339 g/mol. The highest BCUT2D eigenvalue weighted by atomic mass is 79.9. The highest BCUT2D eigenvalue weighted by molar-refractivity contribution is 9.10. The van der Waals surface area contributed by atoms with E-state index in [-0.39, 0.29) is 0 Å². The Morgan fingerprint density at radius 2 is 1.85 bits per heavy atom. The van der Waals surface area contributed by atoms with E-state index in [4.69, 9.17) is 15.2 Å². The van der Waals surface area contributed by atoms with E-state index >= 15 is 0 Å². The van der Waals surface area contributed by atoms with E-state index in [1.54, 1.807) is 14.2 Å². The Morgan fingerprint density at radius 3 is 2.35 bits per heavy atom. The van der Waals surface area contributed by atoms with Crippen molar-refractivity contribution in [2.24, 2.45) is 7.05 Å². The second-order valence-electron chi connectivity index (χ2n) is 4.36.